The lowest BCUT2D eigenvalue weighted by molar-refractivity contribution is 0.492. The molecule has 0 saturated carbocycles. The van der Waals surface area contributed by atoms with Crippen LogP contribution < -0.4 is 10.0 Å². The molecule has 6 nitrogen and oxygen atoms in total. The Bertz CT molecular complexity index is 1090. The highest BCUT2D eigenvalue weighted by atomic mass is 32.2. The highest BCUT2D eigenvalue weighted by Crippen LogP contribution is 2.36. The van der Waals surface area contributed by atoms with Crippen molar-refractivity contribution < 1.29 is 8.42 Å². The Labute approximate surface area is 172 Å². The van der Waals surface area contributed by atoms with Gasteiger partial charge in [0.1, 0.15) is 0 Å². The van der Waals surface area contributed by atoms with Gasteiger partial charge in [0.25, 0.3) is 10.0 Å². The van der Waals surface area contributed by atoms with E-state index in [-0.39, 0.29) is 11.6 Å². The van der Waals surface area contributed by atoms with Crippen molar-refractivity contribution in [2.24, 2.45) is 7.05 Å². The zero-order chi connectivity index (χ0) is 20.4. The molecule has 2 N–H and O–H groups in total. The summed E-state index contributed by atoms with van der Waals surface area (Å²) in [5.41, 5.74) is 4.91. The Balaban J connectivity index is 1.54. The van der Waals surface area contributed by atoms with Gasteiger partial charge in [0, 0.05) is 31.7 Å². The Morgan fingerprint density at radius 3 is 2.62 bits per heavy atom. The van der Waals surface area contributed by atoms with Crippen LogP contribution in [0.5, 0.6) is 0 Å². The number of hydrogen-bond acceptors (Lipinski definition) is 4. The standard InChI is InChI=1S/C22H26N4O2S/c1-23-21-12-18-9-8-17(13-25-29(27,28)22-14-26(2)15-24-22)11-19(18)20(21)10-16-6-4-3-5-7-16/h3-9,11,14-15,20-21,23,25H,10,12-13H2,1-2H3. The number of nitrogens with one attached hydrogen (secondary N) is 2. The summed E-state index contributed by atoms with van der Waals surface area (Å²) in [6.45, 7) is 0.245. The average Bonchev–Trinajstić information content (AvgIpc) is 3.31. The van der Waals surface area contributed by atoms with Gasteiger partial charge >= 0.3 is 0 Å². The minimum atomic E-state index is -3.62. The number of nitrogens with zero attached hydrogens (tertiary/aromatic N) is 2. The van der Waals surface area contributed by atoms with Gasteiger partial charge in [-0.05, 0) is 42.1 Å². The first kappa shape index (κ1) is 19.8. The van der Waals surface area contributed by atoms with E-state index in [1.165, 1.54) is 29.2 Å². The molecule has 3 aromatic rings. The number of benzene rings is 2. The van der Waals surface area contributed by atoms with Crippen molar-refractivity contribution in [3.05, 3.63) is 83.3 Å². The van der Waals surface area contributed by atoms with Gasteiger partial charge in [0.05, 0.1) is 6.33 Å². The van der Waals surface area contributed by atoms with E-state index in [0.29, 0.717) is 12.0 Å². The number of rotatable bonds is 7. The third-order valence-corrected chi connectivity index (χ3v) is 6.91. The smallest absolute Gasteiger partial charge is 0.259 e. The molecule has 7 heteroatoms. The zero-order valence-electron chi connectivity index (χ0n) is 16.7. The van der Waals surface area contributed by atoms with Crippen LogP contribution in [0.4, 0.5) is 0 Å². The van der Waals surface area contributed by atoms with Gasteiger partial charge in [0.15, 0.2) is 5.03 Å². The monoisotopic (exact) mass is 410 g/mol. The van der Waals surface area contributed by atoms with Crippen molar-refractivity contribution in [2.75, 3.05) is 7.05 Å². The van der Waals surface area contributed by atoms with Crippen LogP contribution in [0.25, 0.3) is 0 Å². The van der Waals surface area contributed by atoms with Crippen LogP contribution >= 0.6 is 0 Å². The third-order valence-electron chi connectivity index (χ3n) is 5.63. The van der Waals surface area contributed by atoms with Crippen molar-refractivity contribution in [3.8, 4) is 0 Å². The maximum Gasteiger partial charge on any atom is 0.259 e. The van der Waals surface area contributed by atoms with Crippen molar-refractivity contribution in [1.82, 2.24) is 19.6 Å². The van der Waals surface area contributed by atoms with E-state index in [0.717, 1.165) is 18.4 Å². The van der Waals surface area contributed by atoms with E-state index in [4.69, 9.17) is 0 Å². The second-order valence-electron chi connectivity index (χ2n) is 7.63. The fourth-order valence-corrected chi connectivity index (χ4v) is 5.08. The Morgan fingerprint density at radius 1 is 1.14 bits per heavy atom. The normalized spacial score (nSPS) is 18.7. The summed E-state index contributed by atoms with van der Waals surface area (Å²) >= 11 is 0. The predicted octanol–water partition coefficient (Wildman–Crippen LogP) is 2.37. The Morgan fingerprint density at radius 2 is 1.93 bits per heavy atom. The molecule has 0 fully saturated rings. The summed E-state index contributed by atoms with van der Waals surface area (Å²) in [5.74, 6) is 0.366. The molecule has 2 unspecified atom stereocenters. The number of sulfonamides is 1. The summed E-state index contributed by atoms with van der Waals surface area (Å²) in [4.78, 5) is 3.94. The molecule has 0 spiro atoms. The number of imidazole rings is 1. The van der Waals surface area contributed by atoms with E-state index in [2.05, 4.69) is 51.4 Å². The topological polar surface area (TPSA) is 76.0 Å². The lowest BCUT2D eigenvalue weighted by Gasteiger charge is -2.20. The SMILES string of the molecule is CNC1Cc2ccc(CNS(=O)(=O)c3cn(C)cn3)cc2C1Cc1ccccc1. The van der Waals surface area contributed by atoms with E-state index >= 15 is 0 Å². The minimum absolute atomic E-state index is 0.0401. The first-order chi connectivity index (χ1) is 14.0. The minimum Gasteiger partial charge on any atom is -0.339 e. The van der Waals surface area contributed by atoms with Crippen LogP contribution in [0.1, 0.15) is 28.2 Å². The zero-order valence-corrected chi connectivity index (χ0v) is 17.5. The maximum atomic E-state index is 12.5. The first-order valence-electron chi connectivity index (χ1n) is 9.77. The molecule has 29 heavy (non-hydrogen) atoms. The molecule has 4 rings (SSSR count). The molecule has 0 aliphatic heterocycles. The van der Waals surface area contributed by atoms with Crippen molar-refractivity contribution in [1.29, 1.82) is 0 Å². The third kappa shape index (κ3) is 4.27. The van der Waals surface area contributed by atoms with Crippen molar-refractivity contribution in [3.63, 3.8) is 0 Å². The molecule has 0 radical (unpaired) electrons. The lowest BCUT2D eigenvalue weighted by atomic mass is 9.90. The van der Waals surface area contributed by atoms with Gasteiger partial charge < -0.3 is 9.88 Å². The van der Waals surface area contributed by atoms with Gasteiger partial charge in [-0.1, -0.05) is 48.5 Å². The van der Waals surface area contributed by atoms with Crippen LogP contribution in [0.2, 0.25) is 0 Å². The van der Waals surface area contributed by atoms with E-state index in [1.54, 1.807) is 11.6 Å². The second-order valence-corrected chi connectivity index (χ2v) is 9.34. The van der Waals surface area contributed by atoms with Gasteiger partial charge in [-0.15, -0.1) is 0 Å². The maximum absolute atomic E-state index is 12.5. The summed E-state index contributed by atoms with van der Waals surface area (Å²) in [6.07, 6.45) is 4.93. The highest BCUT2D eigenvalue weighted by molar-refractivity contribution is 7.89. The van der Waals surface area contributed by atoms with Gasteiger partial charge in [-0.25, -0.2) is 18.1 Å². The molecular formula is C22H26N4O2S. The number of aryl methyl sites for hydroxylation is 1. The van der Waals surface area contributed by atoms with Crippen LogP contribution in [-0.2, 0) is 36.5 Å². The molecule has 1 aromatic heterocycles. The van der Waals surface area contributed by atoms with E-state index in [1.807, 2.05) is 19.2 Å². The molecule has 152 valence electrons. The molecule has 1 aliphatic carbocycles. The van der Waals surface area contributed by atoms with Gasteiger partial charge in [-0.2, -0.15) is 0 Å². The molecule has 2 atom stereocenters. The summed E-state index contributed by atoms with van der Waals surface area (Å²) < 4.78 is 29.2. The predicted molar refractivity (Wildman–Crippen MR) is 113 cm³/mol. The van der Waals surface area contributed by atoms with Crippen molar-refractivity contribution in [2.45, 2.75) is 36.4 Å². The fraction of sp³-hybridized carbons (Fsp3) is 0.318. The summed E-state index contributed by atoms with van der Waals surface area (Å²) in [5, 5.41) is 3.50. The first-order valence-corrected chi connectivity index (χ1v) is 11.2. The molecule has 1 heterocycles. The quantitative estimate of drug-likeness (QED) is 0.627. The van der Waals surface area contributed by atoms with Gasteiger partial charge in [-0.3, -0.25) is 0 Å². The lowest BCUT2D eigenvalue weighted by Crippen LogP contribution is -2.30. The number of aromatic nitrogens is 2. The highest BCUT2D eigenvalue weighted by Gasteiger charge is 2.31. The Hall–Kier alpha value is -2.48. The van der Waals surface area contributed by atoms with E-state index < -0.39 is 10.0 Å². The molecule has 0 bridgehead atoms. The molecule has 0 saturated heterocycles. The number of fused-ring (bicyclic) bond motifs is 1. The fourth-order valence-electron chi connectivity index (χ4n) is 4.08. The van der Waals surface area contributed by atoms with Gasteiger partial charge in [0.2, 0.25) is 0 Å². The molecule has 2 aromatic carbocycles. The second kappa shape index (κ2) is 8.10. The van der Waals surface area contributed by atoms with Crippen LogP contribution in [0.15, 0.2) is 66.1 Å². The van der Waals surface area contributed by atoms with Crippen LogP contribution in [0.3, 0.4) is 0 Å². The van der Waals surface area contributed by atoms with E-state index in [9.17, 15) is 8.42 Å². The van der Waals surface area contributed by atoms with Crippen LogP contribution in [0, 0.1) is 0 Å². The molecule has 0 amide bonds. The Kier molecular flexibility index (Phi) is 5.54. The number of hydrogen-bond donors (Lipinski definition) is 2. The number of likely N-dealkylation sites (N-methyl/N-ethyl adjacent to an activating group) is 1. The van der Waals surface area contributed by atoms with Crippen LogP contribution in [-0.4, -0.2) is 31.1 Å². The molecular weight excluding hydrogens is 384 g/mol. The summed E-state index contributed by atoms with van der Waals surface area (Å²) in [6, 6.07) is 17.2. The van der Waals surface area contributed by atoms with Crippen molar-refractivity contribution >= 4 is 10.0 Å². The summed E-state index contributed by atoms with van der Waals surface area (Å²) in [7, 11) is 0.134. The molecule has 1 aliphatic rings. The largest absolute Gasteiger partial charge is 0.339 e. The average molecular weight is 411 g/mol.